The van der Waals surface area contributed by atoms with Crippen LogP contribution in [0.5, 0.6) is 11.5 Å². The number of methoxy groups -OCH3 is 1. The lowest BCUT2D eigenvalue weighted by Gasteiger charge is -2.28. The maximum absolute atomic E-state index is 13.0. The van der Waals surface area contributed by atoms with E-state index in [0.717, 1.165) is 35.3 Å². The van der Waals surface area contributed by atoms with Gasteiger partial charge in [-0.05, 0) is 55.5 Å². The summed E-state index contributed by atoms with van der Waals surface area (Å²) < 4.78 is 24.4. The Hall–Kier alpha value is -3.05. The van der Waals surface area contributed by atoms with E-state index in [-0.39, 0.29) is 11.7 Å². The Bertz CT molecular complexity index is 881. The quantitative estimate of drug-likeness (QED) is 0.706. The summed E-state index contributed by atoms with van der Waals surface area (Å²) in [5.41, 5.74) is 2.80. The summed E-state index contributed by atoms with van der Waals surface area (Å²) in [6.45, 7) is 0.478. The Kier molecular flexibility index (Phi) is 5.94. The maximum Gasteiger partial charge on any atom is 0.124 e. The minimum atomic E-state index is -0.513. The van der Waals surface area contributed by atoms with Gasteiger partial charge in [-0.1, -0.05) is 12.1 Å². The molecule has 27 heavy (non-hydrogen) atoms. The normalized spacial score (nSPS) is 18.1. The Morgan fingerprint density at radius 2 is 1.81 bits per heavy atom. The molecule has 0 N–H and O–H groups in total. The number of fused-ring (bicyclic) bond motifs is 1. The van der Waals surface area contributed by atoms with Crippen LogP contribution in [0, 0.1) is 34.4 Å². The monoisotopic (exact) mass is 364 g/mol. The minimum Gasteiger partial charge on any atom is -0.496 e. The molecule has 138 valence electrons. The number of nitriles is 2. The Labute approximate surface area is 158 Å². The van der Waals surface area contributed by atoms with Crippen molar-refractivity contribution in [2.24, 2.45) is 5.92 Å². The number of ether oxygens (including phenoxy) is 2. The number of halogens is 1. The summed E-state index contributed by atoms with van der Waals surface area (Å²) in [5, 5.41) is 19.0. The Balaban J connectivity index is 1.75. The molecule has 0 amide bonds. The lowest BCUT2D eigenvalue weighted by molar-refractivity contribution is 0.301. The van der Waals surface area contributed by atoms with Gasteiger partial charge in [-0.25, -0.2) is 4.39 Å². The van der Waals surface area contributed by atoms with Crippen LogP contribution in [0.1, 0.15) is 35.4 Å². The smallest absolute Gasteiger partial charge is 0.124 e. The summed E-state index contributed by atoms with van der Waals surface area (Å²) in [5.74, 6) is 0.295. The lowest BCUT2D eigenvalue weighted by atomic mass is 9.75. The highest BCUT2D eigenvalue weighted by molar-refractivity contribution is 5.54. The Morgan fingerprint density at radius 1 is 1.07 bits per heavy atom. The van der Waals surface area contributed by atoms with Crippen LogP contribution in [-0.4, -0.2) is 13.7 Å². The first kappa shape index (κ1) is 18.7. The van der Waals surface area contributed by atoms with Crippen LogP contribution in [0.4, 0.5) is 4.39 Å². The van der Waals surface area contributed by atoms with Gasteiger partial charge in [-0.2, -0.15) is 10.5 Å². The van der Waals surface area contributed by atoms with Crippen LogP contribution in [-0.2, 0) is 12.8 Å². The molecular weight excluding hydrogens is 343 g/mol. The Morgan fingerprint density at radius 3 is 2.48 bits per heavy atom. The van der Waals surface area contributed by atoms with E-state index in [4.69, 9.17) is 9.47 Å². The number of benzene rings is 2. The predicted octanol–water partition coefficient (Wildman–Crippen LogP) is 4.54. The fourth-order valence-corrected chi connectivity index (χ4v) is 3.61. The second kappa shape index (κ2) is 8.56. The highest BCUT2D eigenvalue weighted by Crippen LogP contribution is 2.44. The molecule has 0 fully saturated rings. The summed E-state index contributed by atoms with van der Waals surface area (Å²) in [4.78, 5) is 0. The van der Waals surface area contributed by atoms with Gasteiger partial charge >= 0.3 is 0 Å². The highest BCUT2D eigenvalue weighted by Gasteiger charge is 2.34. The molecule has 0 aliphatic heterocycles. The van der Waals surface area contributed by atoms with Crippen LogP contribution < -0.4 is 9.47 Å². The average molecular weight is 364 g/mol. The van der Waals surface area contributed by atoms with Gasteiger partial charge in [0.2, 0.25) is 0 Å². The van der Waals surface area contributed by atoms with E-state index in [1.165, 1.54) is 12.1 Å². The van der Waals surface area contributed by atoms with Gasteiger partial charge < -0.3 is 9.47 Å². The third-order valence-electron chi connectivity index (χ3n) is 5.00. The third-order valence-corrected chi connectivity index (χ3v) is 5.00. The van der Waals surface area contributed by atoms with E-state index in [2.05, 4.69) is 12.1 Å². The first-order chi connectivity index (χ1) is 13.2. The van der Waals surface area contributed by atoms with Crippen LogP contribution >= 0.6 is 0 Å². The molecule has 2 atom stereocenters. The van der Waals surface area contributed by atoms with Crippen molar-refractivity contribution in [1.29, 1.82) is 10.5 Å². The van der Waals surface area contributed by atoms with Crippen molar-refractivity contribution in [3.05, 3.63) is 58.9 Å². The fourth-order valence-electron chi connectivity index (χ4n) is 3.61. The van der Waals surface area contributed by atoms with Crippen molar-refractivity contribution in [3.63, 3.8) is 0 Å². The van der Waals surface area contributed by atoms with E-state index in [1.54, 1.807) is 19.2 Å². The average Bonchev–Trinajstić information content (AvgIpc) is 2.71. The molecule has 0 saturated carbocycles. The number of rotatable bonds is 6. The summed E-state index contributed by atoms with van der Waals surface area (Å²) in [6, 6.07) is 14.7. The van der Waals surface area contributed by atoms with Gasteiger partial charge in [0, 0.05) is 11.1 Å². The molecule has 2 unspecified atom stereocenters. The summed E-state index contributed by atoms with van der Waals surface area (Å²) in [7, 11) is 1.61. The largest absolute Gasteiger partial charge is 0.496 e. The van der Waals surface area contributed by atoms with Gasteiger partial charge in [-0.15, -0.1) is 0 Å². The standard InChI is InChI=1S/C22H21FN2O2/c1-26-20-10-11-21(22-18(20)9-6-16(13-24)19(22)14-25)27-12-2-3-15-4-7-17(23)8-5-15/h4-5,7-8,10-11,16,19H,2-3,6,9,12H2,1H3. The first-order valence-corrected chi connectivity index (χ1v) is 9.04. The van der Waals surface area contributed by atoms with Gasteiger partial charge in [0.15, 0.2) is 0 Å². The summed E-state index contributed by atoms with van der Waals surface area (Å²) >= 11 is 0. The minimum absolute atomic E-state index is 0.241. The SMILES string of the molecule is COc1ccc(OCCCc2ccc(F)cc2)c2c1CCC(C#N)C2C#N. The number of hydrogen-bond acceptors (Lipinski definition) is 4. The van der Waals surface area contributed by atoms with Crippen molar-refractivity contribution in [2.75, 3.05) is 13.7 Å². The van der Waals surface area contributed by atoms with Gasteiger partial charge in [0.25, 0.3) is 0 Å². The zero-order valence-electron chi connectivity index (χ0n) is 15.2. The van der Waals surface area contributed by atoms with Crippen molar-refractivity contribution < 1.29 is 13.9 Å². The lowest BCUT2D eigenvalue weighted by Crippen LogP contribution is -2.20. The first-order valence-electron chi connectivity index (χ1n) is 9.04. The molecule has 0 heterocycles. The molecule has 0 bridgehead atoms. The van der Waals surface area contributed by atoms with Crippen LogP contribution in [0.3, 0.4) is 0 Å². The predicted molar refractivity (Wildman–Crippen MR) is 99.0 cm³/mol. The number of aryl methyl sites for hydroxylation is 1. The topological polar surface area (TPSA) is 66.0 Å². The van der Waals surface area contributed by atoms with Crippen molar-refractivity contribution >= 4 is 0 Å². The molecule has 0 aromatic heterocycles. The molecule has 1 aliphatic rings. The van der Waals surface area contributed by atoms with E-state index in [0.29, 0.717) is 25.2 Å². The molecule has 2 aromatic carbocycles. The van der Waals surface area contributed by atoms with Crippen LogP contribution in [0.15, 0.2) is 36.4 Å². The van der Waals surface area contributed by atoms with E-state index in [1.807, 2.05) is 12.1 Å². The summed E-state index contributed by atoms with van der Waals surface area (Å²) in [6.07, 6.45) is 2.89. The molecule has 4 nitrogen and oxygen atoms in total. The zero-order chi connectivity index (χ0) is 19.2. The van der Waals surface area contributed by atoms with Crippen LogP contribution in [0.2, 0.25) is 0 Å². The van der Waals surface area contributed by atoms with Crippen molar-refractivity contribution in [1.82, 2.24) is 0 Å². The molecule has 3 rings (SSSR count). The third kappa shape index (κ3) is 4.04. The molecule has 2 aromatic rings. The van der Waals surface area contributed by atoms with Crippen LogP contribution in [0.25, 0.3) is 0 Å². The fraction of sp³-hybridized carbons (Fsp3) is 0.364. The number of nitrogens with zero attached hydrogens (tertiary/aromatic N) is 2. The maximum atomic E-state index is 13.0. The molecule has 0 radical (unpaired) electrons. The zero-order valence-corrected chi connectivity index (χ0v) is 15.2. The van der Waals surface area contributed by atoms with Gasteiger partial charge in [0.1, 0.15) is 17.3 Å². The molecule has 1 aliphatic carbocycles. The van der Waals surface area contributed by atoms with E-state index < -0.39 is 5.92 Å². The van der Waals surface area contributed by atoms with Crippen molar-refractivity contribution in [3.8, 4) is 23.6 Å². The molecular formula is C22H21FN2O2. The number of hydrogen-bond donors (Lipinski definition) is 0. The highest BCUT2D eigenvalue weighted by atomic mass is 19.1. The molecule has 5 heteroatoms. The molecule has 0 saturated heterocycles. The van der Waals surface area contributed by atoms with E-state index in [9.17, 15) is 14.9 Å². The van der Waals surface area contributed by atoms with Gasteiger partial charge in [-0.3, -0.25) is 0 Å². The van der Waals surface area contributed by atoms with Gasteiger partial charge in [0.05, 0.1) is 37.7 Å². The van der Waals surface area contributed by atoms with Crippen molar-refractivity contribution in [2.45, 2.75) is 31.6 Å². The molecule has 0 spiro atoms. The van der Waals surface area contributed by atoms with E-state index >= 15 is 0 Å². The second-order valence-electron chi connectivity index (χ2n) is 6.62. The second-order valence-corrected chi connectivity index (χ2v) is 6.62.